The minimum absolute atomic E-state index is 0.481. The second-order valence-corrected chi connectivity index (χ2v) is 3.69. The van der Waals surface area contributed by atoms with E-state index in [0.717, 1.165) is 15.4 Å². The van der Waals surface area contributed by atoms with Gasteiger partial charge in [0.1, 0.15) is 6.67 Å². The molecule has 0 aliphatic heterocycles. The van der Waals surface area contributed by atoms with Crippen molar-refractivity contribution in [3.05, 3.63) is 40.5 Å². The Morgan fingerprint density at radius 1 is 1.23 bits per heavy atom. The molecule has 13 heavy (non-hydrogen) atoms. The molecule has 0 radical (unpaired) electrons. The van der Waals surface area contributed by atoms with Crippen LogP contribution in [0.4, 0.5) is 4.39 Å². The summed E-state index contributed by atoms with van der Waals surface area (Å²) in [5.41, 5.74) is 1.31. The molecule has 66 valence electrons. The fraction of sp³-hybridized carbons (Fsp3) is 0.100. The molecule has 0 N–H and O–H groups in total. The third kappa shape index (κ3) is 1.70. The molecule has 1 aromatic heterocycles. The maximum Gasteiger partial charge on any atom is 0.131 e. The van der Waals surface area contributed by atoms with E-state index < -0.39 is 6.67 Å². The van der Waals surface area contributed by atoms with Crippen molar-refractivity contribution in [1.82, 2.24) is 4.98 Å². The van der Waals surface area contributed by atoms with Gasteiger partial charge < -0.3 is 0 Å². The van der Waals surface area contributed by atoms with Gasteiger partial charge in [0, 0.05) is 9.86 Å². The first kappa shape index (κ1) is 8.63. The van der Waals surface area contributed by atoms with Crippen molar-refractivity contribution in [3.63, 3.8) is 0 Å². The highest BCUT2D eigenvalue weighted by atomic mass is 79.9. The van der Waals surface area contributed by atoms with E-state index in [-0.39, 0.29) is 0 Å². The van der Waals surface area contributed by atoms with Gasteiger partial charge in [0.25, 0.3) is 0 Å². The highest BCUT2D eigenvalue weighted by molar-refractivity contribution is 9.10. The van der Waals surface area contributed by atoms with E-state index in [2.05, 4.69) is 20.9 Å². The Labute approximate surface area is 83.7 Å². The smallest absolute Gasteiger partial charge is 0.131 e. The number of fused-ring (bicyclic) bond motifs is 1. The van der Waals surface area contributed by atoms with Crippen molar-refractivity contribution >= 4 is 26.8 Å². The molecule has 1 nitrogen and oxygen atoms in total. The molecule has 1 heterocycles. The standard InChI is InChI=1S/C10H7BrFN/c11-8-2-4-10-7(5-8)1-3-9(6-12)13-10/h1-5H,6H2. The van der Waals surface area contributed by atoms with E-state index in [0.29, 0.717) is 5.69 Å². The Kier molecular flexibility index (Phi) is 2.27. The van der Waals surface area contributed by atoms with Crippen molar-refractivity contribution in [2.45, 2.75) is 6.67 Å². The average Bonchev–Trinajstić information content (AvgIpc) is 2.17. The number of halogens is 2. The summed E-state index contributed by atoms with van der Waals surface area (Å²) in [4.78, 5) is 4.14. The lowest BCUT2D eigenvalue weighted by Crippen LogP contribution is -1.86. The maximum atomic E-state index is 12.3. The molecule has 0 unspecified atom stereocenters. The molecule has 0 aliphatic carbocycles. The molecule has 0 bridgehead atoms. The number of hydrogen-bond donors (Lipinski definition) is 0. The summed E-state index contributed by atoms with van der Waals surface area (Å²) in [6.07, 6.45) is 0. The lowest BCUT2D eigenvalue weighted by atomic mass is 10.2. The van der Waals surface area contributed by atoms with E-state index in [1.54, 1.807) is 6.07 Å². The van der Waals surface area contributed by atoms with E-state index in [1.807, 2.05) is 24.3 Å². The zero-order valence-corrected chi connectivity index (χ0v) is 8.38. The number of benzene rings is 1. The fourth-order valence-corrected chi connectivity index (χ4v) is 1.59. The Hall–Kier alpha value is -0.960. The first-order chi connectivity index (χ1) is 6.29. The topological polar surface area (TPSA) is 12.9 Å². The summed E-state index contributed by atoms with van der Waals surface area (Å²) in [7, 11) is 0. The first-order valence-electron chi connectivity index (χ1n) is 3.91. The predicted octanol–water partition coefficient (Wildman–Crippen LogP) is 3.47. The van der Waals surface area contributed by atoms with Gasteiger partial charge in [-0.2, -0.15) is 0 Å². The van der Waals surface area contributed by atoms with Gasteiger partial charge in [-0.05, 0) is 24.3 Å². The van der Waals surface area contributed by atoms with Crippen LogP contribution in [0.25, 0.3) is 10.9 Å². The number of pyridine rings is 1. The van der Waals surface area contributed by atoms with Crippen LogP contribution in [0.1, 0.15) is 5.69 Å². The molecule has 0 saturated heterocycles. The Morgan fingerprint density at radius 2 is 2.08 bits per heavy atom. The van der Waals surface area contributed by atoms with Gasteiger partial charge >= 0.3 is 0 Å². The molecular formula is C10H7BrFN. The van der Waals surface area contributed by atoms with Crippen LogP contribution in [0.2, 0.25) is 0 Å². The molecule has 1 aromatic carbocycles. The van der Waals surface area contributed by atoms with Crippen LogP contribution in [0.3, 0.4) is 0 Å². The van der Waals surface area contributed by atoms with E-state index in [1.165, 1.54) is 0 Å². The number of aromatic nitrogens is 1. The van der Waals surface area contributed by atoms with Crippen molar-refractivity contribution in [3.8, 4) is 0 Å². The molecule has 0 atom stereocenters. The highest BCUT2D eigenvalue weighted by Gasteiger charge is 1.97. The van der Waals surface area contributed by atoms with Gasteiger partial charge in [-0.15, -0.1) is 0 Å². The van der Waals surface area contributed by atoms with Crippen molar-refractivity contribution in [2.24, 2.45) is 0 Å². The molecule has 2 rings (SSSR count). The molecule has 0 saturated carbocycles. The minimum Gasteiger partial charge on any atom is -0.250 e. The Balaban J connectivity index is 2.66. The molecule has 0 aliphatic rings. The number of nitrogens with zero attached hydrogens (tertiary/aromatic N) is 1. The van der Waals surface area contributed by atoms with Crippen LogP contribution in [-0.4, -0.2) is 4.98 Å². The van der Waals surface area contributed by atoms with Crippen LogP contribution < -0.4 is 0 Å². The van der Waals surface area contributed by atoms with E-state index in [9.17, 15) is 4.39 Å². The predicted molar refractivity (Wildman–Crippen MR) is 54.3 cm³/mol. The Bertz CT molecular complexity index is 442. The van der Waals surface area contributed by atoms with Gasteiger partial charge in [-0.25, -0.2) is 4.39 Å². The van der Waals surface area contributed by atoms with Crippen molar-refractivity contribution in [1.29, 1.82) is 0 Å². The molecule has 0 fully saturated rings. The summed E-state index contributed by atoms with van der Waals surface area (Å²) >= 11 is 3.37. The second-order valence-electron chi connectivity index (χ2n) is 2.77. The summed E-state index contributed by atoms with van der Waals surface area (Å²) in [6, 6.07) is 9.32. The second kappa shape index (κ2) is 3.42. The van der Waals surface area contributed by atoms with Crippen LogP contribution in [0.5, 0.6) is 0 Å². The Morgan fingerprint density at radius 3 is 2.85 bits per heavy atom. The molecule has 3 heteroatoms. The van der Waals surface area contributed by atoms with E-state index in [4.69, 9.17) is 0 Å². The molecule has 2 aromatic rings. The molecular weight excluding hydrogens is 233 g/mol. The van der Waals surface area contributed by atoms with Gasteiger partial charge in [0.2, 0.25) is 0 Å². The summed E-state index contributed by atoms with van der Waals surface area (Å²) in [6.45, 7) is -0.508. The van der Waals surface area contributed by atoms with Gasteiger partial charge in [0.05, 0.1) is 11.2 Å². The van der Waals surface area contributed by atoms with Gasteiger partial charge in [-0.1, -0.05) is 22.0 Å². The van der Waals surface area contributed by atoms with Crippen LogP contribution in [-0.2, 0) is 6.67 Å². The van der Waals surface area contributed by atoms with Crippen molar-refractivity contribution in [2.75, 3.05) is 0 Å². The lowest BCUT2D eigenvalue weighted by Gasteiger charge is -1.99. The van der Waals surface area contributed by atoms with Crippen LogP contribution >= 0.6 is 15.9 Å². The van der Waals surface area contributed by atoms with E-state index >= 15 is 0 Å². The fourth-order valence-electron chi connectivity index (χ4n) is 1.21. The van der Waals surface area contributed by atoms with Gasteiger partial charge in [-0.3, -0.25) is 4.98 Å². The lowest BCUT2D eigenvalue weighted by molar-refractivity contribution is 0.477. The third-order valence-corrected chi connectivity index (χ3v) is 2.34. The SMILES string of the molecule is FCc1ccc2cc(Br)ccc2n1. The number of alkyl halides is 1. The number of rotatable bonds is 1. The maximum absolute atomic E-state index is 12.3. The zero-order chi connectivity index (χ0) is 9.26. The minimum atomic E-state index is -0.508. The summed E-state index contributed by atoms with van der Waals surface area (Å²) in [5, 5.41) is 1.02. The first-order valence-corrected chi connectivity index (χ1v) is 4.70. The molecule has 0 spiro atoms. The van der Waals surface area contributed by atoms with Gasteiger partial charge in [0.15, 0.2) is 0 Å². The van der Waals surface area contributed by atoms with Crippen LogP contribution in [0, 0.1) is 0 Å². The monoisotopic (exact) mass is 239 g/mol. The zero-order valence-electron chi connectivity index (χ0n) is 6.80. The number of hydrogen-bond acceptors (Lipinski definition) is 1. The average molecular weight is 240 g/mol. The normalized spacial score (nSPS) is 10.6. The summed E-state index contributed by atoms with van der Waals surface area (Å²) in [5.74, 6) is 0. The van der Waals surface area contributed by atoms with Crippen LogP contribution in [0.15, 0.2) is 34.8 Å². The third-order valence-electron chi connectivity index (χ3n) is 1.85. The largest absolute Gasteiger partial charge is 0.250 e. The van der Waals surface area contributed by atoms with Crippen molar-refractivity contribution < 1.29 is 4.39 Å². The quantitative estimate of drug-likeness (QED) is 0.743. The molecule has 0 amide bonds. The summed E-state index contributed by atoms with van der Waals surface area (Å²) < 4.78 is 13.3. The highest BCUT2D eigenvalue weighted by Crippen LogP contribution is 2.18.